The van der Waals surface area contributed by atoms with Gasteiger partial charge in [-0.2, -0.15) is 0 Å². The summed E-state index contributed by atoms with van der Waals surface area (Å²) >= 11 is 0. The van der Waals surface area contributed by atoms with Crippen molar-refractivity contribution in [3.8, 4) is 0 Å². The van der Waals surface area contributed by atoms with Gasteiger partial charge in [-0.15, -0.1) is 24.8 Å². The third-order valence-corrected chi connectivity index (χ3v) is 3.26. The topological polar surface area (TPSA) is 86.9 Å². The normalized spacial score (nSPS) is 14.8. The van der Waals surface area contributed by atoms with Crippen LogP contribution < -0.4 is 4.90 Å². The van der Waals surface area contributed by atoms with E-state index in [1.54, 1.807) is 0 Å². The molecule has 2 rings (SSSR count). The number of halogens is 2. The SMILES string of the molecule is CN1CCN(c2ccc(C(=O)O)cc2[N+](=O)[O-])CC1.Cl.Cl. The molecule has 0 aromatic heterocycles. The van der Waals surface area contributed by atoms with Crippen LogP contribution in [0, 0.1) is 10.1 Å². The van der Waals surface area contributed by atoms with E-state index in [2.05, 4.69) is 4.90 Å². The number of nitrogens with zero attached hydrogens (tertiary/aromatic N) is 3. The molecule has 0 bridgehead atoms. The first-order valence-corrected chi connectivity index (χ1v) is 5.94. The fraction of sp³-hybridized carbons (Fsp3) is 0.417. The summed E-state index contributed by atoms with van der Waals surface area (Å²) < 4.78 is 0. The fourth-order valence-corrected chi connectivity index (χ4v) is 2.12. The molecule has 0 spiro atoms. The lowest BCUT2D eigenvalue weighted by Crippen LogP contribution is -2.44. The molecule has 0 aliphatic carbocycles. The number of anilines is 1. The largest absolute Gasteiger partial charge is 0.478 e. The van der Waals surface area contributed by atoms with Crippen LogP contribution in [0.25, 0.3) is 0 Å². The second-order valence-corrected chi connectivity index (χ2v) is 4.56. The van der Waals surface area contributed by atoms with Gasteiger partial charge in [0.2, 0.25) is 0 Å². The van der Waals surface area contributed by atoms with E-state index in [0.29, 0.717) is 18.8 Å². The van der Waals surface area contributed by atoms with Gasteiger partial charge in [-0.25, -0.2) is 4.79 Å². The van der Waals surface area contributed by atoms with Gasteiger partial charge in [0.15, 0.2) is 0 Å². The standard InChI is InChI=1S/C12H15N3O4.2ClH/c1-13-4-6-14(7-5-13)10-3-2-9(12(16)17)8-11(10)15(18)19;;/h2-3,8H,4-7H2,1H3,(H,16,17);2*1H. The van der Waals surface area contributed by atoms with Crippen LogP contribution in [0.3, 0.4) is 0 Å². The summed E-state index contributed by atoms with van der Waals surface area (Å²) in [7, 11) is 2.00. The average Bonchev–Trinajstić information content (AvgIpc) is 2.38. The van der Waals surface area contributed by atoms with E-state index in [0.717, 1.165) is 19.2 Å². The Morgan fingerprint density at radius 2 is 1.81 bits per heavy atom. The van der Waals surface area contributed by atoms with Gasteiger partial charge in [0.25, 0.3) is 5.69 Å². The molecule has 0 amide bonds. The molecule has 1 fully saturated rings. The number of likely N-dealkylation sites (N-methyl/N-ethyl adjacent to an activating group) is 1. The Morgan fingerprint density at radius 3 is 2.29 bits per heavy atom. The summed E-state index contributed by atoms with van der Waals surface area (Å²) in [5, 5.41) is 20.0. The average molecular weight is 338 g/mol. The zero-order chi connectivity index (χ0) is 14.0. The summed E-state index contributed by atoms with van der Waals surface area (Å²) in [5.41, 5.74) is 0.275. The van der Waals surface area contributed by atoms with Crippen molar-refractivity contribution >= 4 is 42.2 Å². The van der Waals surface area contributed by atoms with Crippen LogP contribution in [0.15, 0.2) is 18.2 Å². The number of carbonyl (C=O) groups is 1. The van der Waals surface area contributed by atoms with Crippen molar-refractivity contribution in [2.24, 2.45) is 0 Å². The summed E-state index contributed by atoms with van der Waals surface area (Å²) in [5.74, 6) is -1.16. The van der Waals surface area contributed by atoms with Crippen LogP contribution >= 0.6 is 24.8 Å². The Hall–Kier alpha value is -1.57. The Bertz CT molecular complexity index is 519. The molecule has 0 atom stereocenters. The maximum atomic E-state index is 11.1. The second-order valence-electron chi connectivity index (χ2n) is 4.56. The molecule has 21 heavy (non-hydrogen) atoms. The van der Waals surface area contributed by atoms with Crippen molar-refractivity contribution in [3.63, 3.8) is 0 Å². The number of rotatable bonds is 3. The molecule has 1 aromatic rings. The molecule has 0 unspecified atom stereocenters. The van der Waals surface area contributed by atoms with Crippen LogP contribution in [-0.4, -0.2) is 54.1 Å². The molecule has 1 saturated heterocycles. The van der Waals surface area contributed by atoms with Gasteiger partial charge in [0, 0.05) is 32.2 Å². The lowest BCUT2D eigenvalue weighted by Gasteiger charge is -2.33. The Kier molecular flexibility index (Phi) is 7.42. The molecule has 0 saturated carbocycles. The van der Waals surface area contributed by atoms with Gasteiger partial charge in [0.05, 0.1) is 10.5 Å². The number of piperazine rings is 1. The van der Waals surface area contributed by atoms with Gasteiger partial charge >= 0.3 is 5.97 Å². The minimum atomic E-state index is -1.16. The third kappa shape index (κ3) is 4.45. The monoisotopic (exact) mass is 337 g/mol. The lowest BCUT2D eigenvalue weighted by atomic mass is 10.1. The van der Waals surface area contributed by atoms with Gasteiger partial charge in [-0.1, -0.05) is 0 Å². The quantitative estimate of drug-likeness (QED) is 0.669. The Labute approximate surface area is 134 Å². The molecule has 9 heteroatoms. The Balaban J connectivity index is 0.00000200. The number of carboxylic acid groups (broad SMARTS) is 1. The maximum Gasteiger partial charge on any atom is 0.335 e. The van der Waals surface area contributed by atoms with E-state index in [1.807, 2.05) is 11.9 Å². The number of hydrogen-bond acceptors (Lipinski definition) is 5. The molecule has 1 aliphatic heterocycles. The Morgan fingerprint density at radius 1 is 1.24 bits per heavy atom. The van der Waals surface area contributed by atoms with E-state index < -0.39 is 10.9 Å². The van der Waals surface area contributed by atoms with Crippen molar-refractivity contribution in [2.75, 3.05) is 38.1 Å². The molecule has 1 aliphatic rings. The number of hydrogen-bond donors (Lipinski definition) is 1. The smallest absolute Gasteiger partial charge is 0.335 e. The molecule has 0 radical (unpaired) electrons. The zero-order valence-electron chi connectivity index (χ0n) is 11.4. The van der Waals surface area contributed by atoms with Crippen LogP contribution in [0.2, 0.25) is 0 Å². The van der Waals surface area contributed by atoms with E-state index in [4.69, 9.17) is 5.11 Å². The van der Waals surface area contributed by atoms with Crippen LogP contribution in [0.4, 0.5) is 11.4 Å². The van der Waals surface area contributed by atoms with Crippen LogP contribution in [0.1, 0.15) is 10.4 Å². The molecule has 1 N–H and O–H groups in total. The van der Waals surface area contributed by atoms with E-state index in [9.17, 15) is 14.9 Å². The highest BCUT2D eigenvalue weighted by Crippen LogP contribution is 2.29. The van der Waals surface area contributed by atoms with Crippen molar-refractivity contribution in [2.45, 2.75) is 0 Å². The number of aromatic carboxylic acids is 1. The van der Waals surface area contributed by atoms with E-state index >= 15 is 0 Å². The third-order valence-electron chi connectivity index (χ3n) is 3.26. The second kappa shape index (κ2) is 8.02. The predicted molar refractivity (Wildman–Crippen MR) is 84.3 cm³/mol. The summed E-state index contributed by atoms with van der Waals surface area (Å²) in [6, 6.07) is 4.05. The van der Waals surface area contributed by atoms with Crippen molar-refractivity contribution < 1.29 is 14.8 Å². The zero-order valence-corrected chi connectivity index (χ0v) is 13.0. The number of nitro benzene ring substituents is 1. The van der Waals surface area contributed by atoms with Gasteiger partial charge in [0.1, 0.15) is 5.69 Å². The molecular weight excluding hydrogens is 321 g/mol. The van der Waals surface area contributed by atoms with E-state index in [-0.39, 0.29) is 36.1 Å². The number of benzene rings is 1. The first kappa shape index (κ1) is 19.4. The van der Waals surface area contributed by atoms with Gasteiger partial charge in [-0.05, 0) is 19.2 Å². The summed E-state index contributed by atoms with van der Waals surface area (Å²) in [6.45, 7) is 3.06. The molecule has 1 aromatic carbocycles. The molecule has 118 valence electrons. The van der Waals surface area contributed by atoms with Gasteiger partial charge < -0.3 is 14.9 Å². The van der Waals surface area contributed by atoms with Crippen molar-refractivity contribution in [1.29, 1.82) is 0 Å². The van der Waals surface area contributed by atoms with Gasteiger partial charge in [-0.3, -0.25) is 10.1 Å². The highest BCUT2D eigenvalue weighted by atomic mass is 35.5. The summed E-state index contributed by atoms with van der Waals surface area (Å²) in [4.78, 5) is 25.5. The highest BCUT2D eigenvalue weighted by Gasteiger charge is 2.23. The lowest BCUT2D eigenvalue weighted by molar-refractivity contribution is -0.384. The minimum Gasteiger partial charge on any atom is -0.478 e. The van der Waals surface area contributed by atoms with E-state index in [1.165, 1.54) is 12.1 Å². The first-order chi connectivity index (χ1) is 8.99. The molecular formula is C12H17Cl2N3O4. The maximum absolute atomic E-state index is 11.1. The summed E-state index contributed by atoms with van der Waals surface area (Å²) in [6.07, 6.45) is 0. The molecule has 7 nitrogen and oxygen atoms in total. The van der Waals surface area contributed by atoms with Crippen molar-refractivity contribution in [3.05, 3.63) is 33.9 Å². The number of nitro groups is 1. The van der Waals surface area contributed by atoms with Crippen LogP contribution in [0.5, 0.6) is 0 Å². The van der Waals surface area contributed by atoms with Crippen molar-refractivity contribution in [1.82, 2.24) is 4.90 Å². The highest BCUT2D eigenvalue weighted by molar-refractivity contribution is 5.89. The minimum absolute atomic E-state index is 0. The van der Waals surface area contributed by atoms with Crippen LogP contribution in [-0.2, 0) is 0 Å². The fourth-order valence-electron chi connectivity index (χ4n) is 2.12. The molecule has 1 heterocycles. The number of carboxylic acids is 1. The predicted octanol–water partition coefficient (Wildman–Crippen LogP) is 1.89. The first-order valence-electron chi connectivity index (χ1n) is 5.94.